The van der Waals surface area contributed by atoms with Crippen LogP contribution in [0.1, 0.15) is 81.1 Å². The predicted octanol–water partition coefficient (Wildman–Crippen LogP) is 25.5. The van der Waals surface area contributed by atoms with Crippen LogP contribution >= 0.6 is 201 Å². The molecule has 68 heavy (non-hydrogen) atoms. The van der Waals surface area contributed by atoms with Gasteiger partial charge >= 0.3 is 0 Å². The maximum Gasteiger partial charge on any atom is 0.0603 e. The standard InChI is InChI=1S/C52H54Br4S12/c1-9-27(5)21-57-43-17-39(35-13-31(53)25-61-35)65-49(43)47-33(55)15-37(63-47)41-19-45(59-23-29(7)11-3)51(67-41)52-46(60-24-30(8)12-4)20-42(68-52)38-16-34(56)48(64-38)50-44(58-22-28(6)10-2)18-40(66-50)36-14-32(54)26-62-36/h13-20,25-30H,9-12,21-24H2,1-8H3/t27-,28-,29-,30-/m1/s1. The van der Waals surface area contributed by atoms with Crippen molar-refractivity contribution >= 4 is 201 Å². The van der Waals surface area contributed by atoms with Crippen molar-refractivity contribution in [2.24, 2.45) is 23.7 Å². The van der Waals surface area contributed by atoms with Crippen LogP contribution in [0.4, 0.5) is 0 Å². The molecule has 4 atom stereocenters. The Balaban J connectivity index is 1.19. The zero-order chi connectivity index (χ0) is 48.2. The first-order valence-electron chi connectivity index (χ1n) is 22.9. The molecule has 0 nitrogen and oxygen atoms in total. The van der Waals surface area contributed by atoms with Crippen molar-refractivity contribution in [1.82, 2.24) is 0 Å². The minimum absolute atomic E-state index is 0.648. The van der Waals surface area contributed by atoms with Gasteiger partial charge in [0, 0.05) is 110 Å². The van der Waals surface area contributed by atoms with Crippen molar-refractivity contribution in [3.63, 3.8) is 0 Å². The fraction of sp³-hybridized carbons (Fsp3) is 0.385. The van der Waals surface area contributed by atoms with Crippen LogP contribution in [0, 0.1) is 23.7 Å². The van der Waals surface area contributed by atoms with Gasteiger partial charge in [0.2, 0.25) is 0 Å². The van der Waals surface area contributed by atoms with Crippen LogP contribution in [0.15, 0.2) is 96.8 Å². The lowest BCUT2D eigenvalue weighted by Gasteiger charge is -2.10. The molecule has 0 N–H and O–H groups in total. The van der Waals surface area contributed by atoms with Crippen molar-refractivity contribution in [1.29, 1.82) is 0 Å². The number of hydrogen-bond acceptors (Lipinski definition) is 12. The molecule has 362 valence electrons. The molecule has 0 bridgehead atoms. The lowest BCUT2D eigenvalue weighted by molar-refractivity contribution is 0.637. The lowest BCUT2D eigenvalue weighted by atomic mass is 10.2. The zero-order valence-electron chi connectivity index (χ0n) is 39.2. The van der Waals surface area contributed by atoms with E-state index < -0.39 is 0 Å². The highest BCUT2D eigenvalue weighted by Crippen LogP contribution is 2.57. The van der Waals surface area contributed by atoms with Gasteiger partial charge < -0.3 is 0 Å². The highest BCUT2D eigenvalue weighted by molar-refractivity contribution is 9.11. The summed E-state index contributed by atoms with van der Waals surface area (Å²) in [6.07, 6.45) is 4.76. The Morgan fingerprint density at radius 3 is 0.868 bits per heavy atom. The van der Waals surface area contributed by atoms with Gasteiger partial charge in [-0.3, -0.25) is 0 Å². The molecule has 0 aliphatic rings. The average molecular weight is 1380 g/mol. The first-order chi connectivity index (χ1) is 32.7. The highest BCUT2D eigenvalue weighted by Gasteiger charge is 2.26. The molecule has 0 aromatic carbocycles. The van der Waals surface area contributed by atoms with Crippen molar-refractivity contribution in [3.8, 4) is 68.3 Å². The van der Waals surface area contributed by atoms with Crippen molar-refractivity contribution in [3.05, 3.63) is 77.2 Å². The van der Waals surface area contributed by atoms with Crippen molar-refractivity contribution < 1.29 is 0 Å². The Kier molecular flexibility index (Phi) is 20.8. The molecule has 0 saturated heterocycles. The van der Waals surface area contributed by atoms with E-state index in [1.54, 1.807) is 0 Å². The number of hydrogen-bond donors (Lipinski definition) is 0. The Morgan fingerprint density at radius 1 is 0.353 bits per heavy atom. The normalized spacial score (nSPS) is 13.8. The van der Waals surface area contributed by atoms with E-state index in [0.717, 1.165) is 32.0 Å². The van der Waals surface area contributed by atoms with Gasteiger partial charge in [0.25, 0.3) is 0 Å². The molecule has 0 unspecified atom stereocenters. The molecule has 0 spiro atoms. The second kappa shape index (κ2) is 25.6. The van der Waals surface area contributed by atoms with Crippen LogP contribution in [0.5, 0.6) is 0 Å². The van der Waals surface area contributed by atoms with E-state index in [0.29, 0.717) is 23.7 Å². The average Bonchev–Trinajstić information content (AvgIpc) is 4.20. The lowest BCUT2D eigenvalue weighted by Crippen LogP contribution is -1.95. The molecule has 16 heteroatoms. The summed E-state index contributed by atoms with van der Waals surface area (Å²) in [4.78, 5) is 24.7. The molecular formula is C52H54Br4S12. The Bertz CT molecular complexity index is 2720. The minimum Gasteiger partial charge on any atom is -0.142 e. The Hall–Kier alpha value is 0.920. The fourth-order valence-electron chi connectivity index (χ4n) is 6.62. The Labute approximate surface area is 487 Å². The summed E-state index contributed by atoms with van der Waals surface area (Å²) in [6.45, 7) is 18.8. The molecule has 0 amide bonds. The summed E-state index contributed by atoms with van der Waals surface area (Å²) in [5.41, 5.74) is 0. The van der Waals surface area contributed by atoms with E-state index >= 15 is 0 Å². The summed E-state index contributed by atoms with van der Waals surface area (Å²) < 4.78 is 4.69. The van der Waals surface area contributed by atoms with E-state index in [9.17, 15) is 0 Å². The smallest absolute Gasteiger partial charge is 0.0603 e. The van der Waals surface area contributed by atoms with Crippen LogP contribution in [0.3, 0.4) is 0 Å². The van der Waals surface area contributed by atoms with Gasteiger partial charge in [-0.05, 0) is 136 Å². The summed E-state index contributed by atoms with van der Waals surface area (Å²) in [5.74, 6) is 7.12. The molecule has 8 heterocycles. The number of thioether (sulfide) groups is 4. The molecule has 0 radical (unpaired) electrons. The fourth-order valence-corrected chi connectivity index (χ4v) is 24.8. The highest BCUT2D eigenvalue weighted by atomic mass is 79.9. The first-order valence-corrected chi connectivity index (χ1v) is 36.7. The largest absolute Gasteiger partial charge is 0.142 e. The minimum atomic E-state index is 0.648. The van der Waals surface area contributed by atoms with E-state index in [1.807, 2.05) is 114 Å². The van der Waals surface area contributed by atoms with Gasteiger partial charge in [0.15, 0.2) is 0 Å². The number of rotatable bonds is 23. The summed E-state index contributed by atoms with van der Waals surface area (Å²) in [6, 6.07) is 19.3. The molecular weight excluding hydrogens is 1330 g/mol. The zero-order valence-corrected chi connectivity index (χ0v) is 55.3. The van der Waals surface area contributed by atoms with Crippen LogP contribution in [-0.4, -0.2) is 23.0 Å². The molecule has 0 saturated carbocycles. The van der Waals surface area contributed by atoms with Gasteiger partial charge in [0.1, 0.15) is 0 Å². The molecule has 8 aromatic heterocycles. The third-order valence-corrected chi connectivity index (χ3v) is 31.0. The Morgan fingerprint density at radius 2 is 0.603 bits per heavy atom. The van der Waals surface area contributed by atoms with Crippen LogP contribution in [0.25, 0.3) is 68.3 Å². The summed E-state index contributed by atoms with van der Waals surface area (Å²) in [7, 11) is 0. The van der Waals surface area contributed by atoms with Gasteiger partial charge in [-0.2, -0.15) is 0 Å². The summed E-state index contributed by atoms with van der Waals surface area (Å²) >= 11 is 39.3. The maximum atomic E-state index is 4.12. The molecule has 0 fully saturated rings. The van der Waals surface area contributed by atoms with Crippen LogP contribution < -0.4 is 0 Å². The molecule has 8 aromatic rings. The van der Waals surface area contributed by atoms with E-state index in [1.165, 1.54) is 122 Å². The number of halogens is 4. The summed E-state index contributed by atoms with van der Waals surface area (Å²) in [5, 5.41) is 4.40. The van der Waals surface area contributed by atoms with E-state index in [4.69, 9.17) is 0 Å². The monoisotopic (exact) mass is 1380 g/mol. The van der Waals surface area contributed by atoms with Crippen LogP contribution in [0.2, 0.25) is 0 Å². The second-order valence-electron chi connectivity index (χ2n) is 17.3. The van der Waals surface area contributed by atoms with Crippen molar-refractivity contribution in [2.75, 3.05) is 23.0 Å². The quantitative estimate of drug-likeness (QED) is 0.0585. The predicted molar refractivity (Wildman–Crippen MR) is 339 cm³/mol. The number of thiophene rings is 8. The second-order valence-corrected chi connectivity index (χ2v) is 33.3. The van der Waals surface area contributed by atoms with Gasteiger partial charge in [-0.1, -0.05) is 81.1 Å². The topological polar surface area (TPSA) is 0 Å². The van der Waals surface area contributed by atoms with E-state index in [2.05, 4.69) is 202 Å². The third kappa shape index (κ3) is 13.5. The SMILES string of the molecule is CC[C@@H](C)CSc1cc(-c2cc(Br)cs2)sc1-c1sc(-c2cc(SC[C@H](C)CC)c(-c3sc(-c4cc(Br)c(-c5sc(-c6cc(Br)cs6)cc5SC[C@H](C)CC)s4)cc3SC[C@H](C)CC)s2)cc1Br. The maximum absolute atomic E-state index is 4.12. The van der Waals surface area contributed by atoms with Crippen LogP contribution in [-0.2, 0) is 0 Å². The molecule has 8 rings (SSSR count). The van der Waals surface area contributed by atoms with Gasteiger partial charge in [-0.25, -0.2) is 0 Å². The van der Waals surface area contributed by atoms with Gasteiger partial charge in [-0.15, -0.1) is 138 Å². The molecule has 0 aliphatic carbocycles. The third-order valence-electron chi connectivity index (χ3n) is 11.8. The van der Waals surface area contributed by atoms with E-state index in [-0.39, 0.29) is 0 Å². The molecule has 0 aliphatic heterocycles. The van der Waals surface area contributed by atoms with Gasteiger partial charge in [0.05, 0.1) is 29.3 Å². The first kappa shape index (κ1) is 55.2. The van der Waals surface area contributed by atoms with Crippen molar-refractivity contribution in [2.45, 2.75) is 101 Å².